The Bertz CT molecular complexity index is 1330. The van der Waals surface area contributed by atoms with Crippen LogP contribution in [0.2, 0.25) is 5.04 Å². The number of nitrogens with one attached hydrogen (secondary N) is 1. The maximum absolute atomic E-state index is 12.3. The highest BCUT2D eigenvalue weighted by Gasteiger charge is 2.26. The van der Waals surface area contributed by atoms with Crippen molar-refractivity contribution >= 4 is 50.4 Å². The second-order valence-electron chi connectivity index (χ2n) is 11.6. The van der Waals surface area contributed by atoms with Crippen molar-refractivity contribution in [2.75, 3.05) is 0 Å². The Morgan fingerprint density at radius 3 is 2.19 bits per heavy atom. The average molecular weight is 521 g/mol. The van der Waals surface area contributed by atoms with Crippen LogP contribution in [0.1, 0.15) is 61.0 Å². The molecule has 4 rings (SSSR count). The molecule has 0 spiro atoms. The van der Waals surface area contributed by atoms with E-state index in [2.05, 4.69) is 45.7 Å². The molecule has 0 bridgehead atoms. The summed E-state index contributed by atoms with van der Waals surface area (Å²) >= 11 is 0. The van der Waals surface area contributed by atoms with Gasteiger partial charge >= 0.3 is 13.2 Å². The van der Waals surface area contributed by atoms with E-state index in [1.165, 1.54) is 0 Å². The molecular weight excluding hydrogens is 483 g/mol. The molecule has 0 fully saturated rings. The van der Waals surface area contributed by atoms with Crippen LogP contribution in [-0.4, -0.2) is 48.2 Å². The highest BCUT2D eigenvalue weighted by molar-refractivity contribution is 6.58. The summed E-state index contributed by atoms with van der Waals surface area (Å²) in [6.45, 7) is 16.3. The molecule has 196 valence electrons. The summed E-state index contributed by atoms with van der Waals surface area (Å²) in [4.78, 5) is 15.2. The zero-order valence-corrected chi connectivity index (χ0v) is 23.9. The van der Waals surface area contributed by atoms with Crippen LogP contribution in [0.4, 0.5) is 4.79 Å². The number of benzene rings is 2. The number of H-pyrrole nitrogens is 1. The third kappa shape index (κ3) is 7.82. The molecule has 0 saturated carbocycles. The summed E-state index contributed by atoms with van der Waals surface area (Å²) in [5.41, 5.74) is 2.38. The van der Waals surface area contributed by atoms with Crippen LogP contribution in [0.25, 0.3) is 21.8 Å². The van der Waals surface area contributed by atoms with Crippen molar-refractivity contribution in [3.05, 3.63) is 66.4 Å². The maximum Gasteiger partial charge on any atom is 0.505 e. The first-order valence-electron chi connectivity index (χ1n) is 12.3. The van der Waals surface area contributed by atoms with E-state index >= 15 is 0 Å². The number of hydrogen-bond donors (Lipinski definition) is 3. The Balaban J connectivity index is 0.000000262. The Morgan fingerprint density at radius 1 is 0.919 bits per heavy atom. The third-order valence-electron chi connectivity index (χ3n) is 5.42. The van der Waals surface area contributed by atoms with Crippen molar-refractivity contribution in [2.45, 2.75) is 71.6 Å². The number of ether oxygens (including phenoxy) is 1. The maximum atomic E-state index is 12.3. The molecule has 0 aliphatic rings. The van der Waals surface area contributed by atoms with E-state index in [9.17, 15) is 4.79 Å². The van der Waals surface area contributed by atoms with Gasteiger partial charge in [-0.3, -0.25) is 4.57 Å². The third-order valence-corrected chi connectivity index (χ3v) is 6.64. The second-order valence-corrected chi connectivity index (χ2v) is 13.5. The predicted octanol–water partition coefficient (Wildman–Crippen LogP) is 5.36. The Kier molecular flexibility index (Phi) is 8.44. The summed E-state index contributed by atoms with van der Waals surface area (Å²) in [7, 11) is -1.01. The summed E-state index contributed by atoms with van der Waals surface area (Å²) in [6.07, 6.45) is 1.40. The molecule has 0 atom stereocenters. The highest BCUT2D eigenvalue weighted by atomic mass is 28.2. The van der Waals surface area contributed by atoms with Crippen molar-refractivity contribution in [3.63, 3.8) is 0 Å². The summed E-state index contributed by atoms with van der Waals surface area (Å²) in [5.74, 6) is 0. The van der Waals surface area contributed by atoms with Gasteiger partial charge < -0.3 is 24.2 Å². The number of para-hydroxylation sites is 1. The normalized spacial score (nSPS) is 12.4. The first kappa shape index (κ1) is 28.7. The molecule has 2 aromatic carbocycles. The highest BCUT2D eigenvalue weighted by Crippen LogP contribution is 2.31. The van der Waals surface area contributed by atoms with E-state index in [4.69, 9.17) is 19.2 Å². The second kappa shape index (κ2) is 10.9. The van der Waals surface area contributed by atoms with Crippen LogP contribution in [-0.2, 0) is 14.8 Å². The standard InChI is InChI=1S/C20H29NO3Si.C8H8BNO2/c1-18(2,3)23-17(22)21-12-11-14-13-15(9-10-16(14)21)20(7,8)24-25-19(4,5)6;11-9(12)8-5-6-3-1-2-4-7(6)10-8/h9-13H,1-8H3;1-5,10-12H. The minimum absolute atomic E-state index is 0.140. The van der Waals surface area contributed by atoms with Gasteiger partial charge in [-0.25, -0.2) is 4.79 Å². The lowest BCUT2D eigenvalue weighted by Gasteiger charge is -2.29. The molecule has 2 heterocycles. The number of carbonyl (C=O) groups is 1. The van der Waals surface area contributed by atoms with E-state index in [0.717, 1.165) is 27.4 Å². The minimum Gasteiger partial charge on any atom is -0.443 e. The number of fused-ring (bicyclic) bond motifs is 2. The molecule has 3 N–H and O–H groups in total. The van der Waals surface area contributed by atoms with Crippen LogP contribution < -0.4 is 5.59 Å². The minimum atomic E-state index is -1.42. The van der Waals surface area contributed by atoms with Gasteiger partial charge in [0.15, 0.2) is 0 Å². The molecule has 2 radical (unpaired) electrons. The van der Waals surface area contributed by atoms with Gasteiger partial charge in [-0.05, 0) is 80.9 Å². The van der Waals surface area contributed by atoms with Crippen molar-refractivity contribution < 1.29 is 24.0 Å². The quantitative estimate of drug-likeness (QED) is 0.315. The molecule has 7 nitrogen and oxygen atoms in total. The van der Waals surface area contributed by atoms with Crippen LogP contribution in [0, 0.1) is 0 Å². The lowest BCUT2D eigenvalue weighted by molar-refractivity contribution is 0.0544. The van der Waals surface area contributed by atoms with Crippen molar-refractivity contribution in [2.24, 2.45) is 0 Å². The fourth-order valence-corrected chi connectivity index (χ4v) is 4.24. The molecule has 0 aliphatic carbocycles. The number of carbonyl (C=O) groups excluding carboxylic acids is 1. The van der Waals surface area contributed by atoms with Crippen LogP contribution in [0.5, 0.6) is 0 Å². The molecule has 0 amide bonds. The van der Waals surface area contributed by atoms with E-state index in [0.29, 0.717) is 15.4 Å². The van der Waals surface area contributed by atoms with Gasteiger partial charge in [-0.1, -0.05) is 45.0 Å². The average Bonchev–Trinajstić information content (AvgIpc) is 3.41. The number of hydrogen-bond acceptors (Lipinski definition) is 5. The van der Waals surface area contributed by atoms with Gasteiger partial charge in [-0.15, -0.1) is 0 Å². The number of nitrogens with zero attached hydrogens (tertiary/aromatic N) is 1. The van der Waals surface area contributed by atoms with E-state index < -0.39 is 12.7 Å². The van der Waals surface area contributed by atoms with Gasteiger partial charge in [0.25, 0.3) is 0 Å². The Morgan fingerprint density at radius 2 is 1.59 bits per heavy atom. The number of aromatic nitrogens is 2. The molecule has 0 aliphatic heterocycles. The first-order chi connectivity index (χ1) is 17.1. The van der Waals surface area contributed by atoms with Gasteiger partial charge in [0.1, 0.15) is 5.60 Å². The SMILES string of the molecule is CC(C)(C)OC(=O)n1ccc2cc(C(C)(C)O[Si]C(C)(C)C)ccc21.OB(O)c1cc2ccccc2[nH]1. The van der Waals surface area contributed by atoms with Crippen molar-refractivity contribution in [1.29, 1.82) is 0 Å². The van der Waals surface area contributed by atoms with Gasteiger partial charge in [0, 0.05) is 22.7 Å². The smallest absolute Gasteiger partial charge is 0.443 e. The number of aromatic amines is 1. The van der Waals surface area contributed by atoms with E-state index in [1.807, 2.05) is 63.2 Å². The van der Waals surface area contributed by atoms with Crippen molar-refractivity contribution in [1.82, 2.24) is 9.55 Å². The van der Waals surface area contributed by atoms with E-state index in [1.54, 1.807) is 16.8 Å². The fraction of sp³-hybridized carbons (Fsp3) is 0.393. The van der Waals surface area contributed by atoms with Crippen molar-refractivity contribution in [3.8, 4) is 0 Å². The molecule has 4 aromatic rings. The lowest BCUT2D eigenvalue weighted by atomic mass is 9.87. The zero-order valence-electron chi connectivity index (χ0n) is 22.9. The monoisotopic (exact) mass is 520 g/mol. The van der Waals surface area contributed by atoms with Crippen LogP contribution in [0.3, 0.4) is 0 Å². The molecule has 0 unspecified atom stereocenters. The summed E-state index contributed by atoms with van der Waals surface area (Å²) in [5, 5.41) is 19.8. The molecule has 37 heavy (non-hydrogen) atoms. The van der Waals surface area contributed by atoms with E-state index in [-0.39, 0.29) is 16.7 Å². The topological polar surface area (TPSA) is 96.7 Å². The Hall–Kier alpha value is -2.85. The van der Waals surface area contributed by atoms with Crippen LogP contribution in [0.15, 0.2) is 60.8 Å². The zero-order chi connectivity index (χ0) is 27.6. The van der Waals surface area contributed by atoms with Gasteiger partial charge in [0.05, 0.1) is 11.1 Å². The van der Waals surface area contributed by atoms with Gasteiger partial charge in [0.2, 0.25) is 9.76 Å². The number of rotatable bonds is 4. The Labute approximate surface area is 221 Å². The predicted molar refractivity (Wildman–Crippen MR) is 151 cm³/mol. The largest absolute Gasteiger partial charge is 0.505 e. The summed E-state index contributed by atoms with van der Waals surface area (Å²) < 4.78 is 13.2. The van der Waals surface area contributed by atoms with Crippen LogP contribution >= 0.6 is 0 Å². The summed E-state index contributed by atoms with van der Waals surface area (Å²) in [6, 6.07) is 17.3. The lowest BCUT2D eigenvalue weighted by Crippen LogP contribution is -2.30. The molecule has 0 saturated heterocycles. The first-order valence-corrected chi connectivity index (χ1v) is 13.2. The molecular formula is C28H37BN2O5Si. The molecule has 2 aromatic heterocycles. The van der Waals surface area contributed by atoms with Gasteiger partial charge in [-0.2, -0.15) is 0 Å². The fourth-order valence-electron chi connectivity index (χ4n) is 3.56. The molecule has 9 heteroatoms.